The van der Waals surface area contributed by atoms with Gasteiger partial charge in [0.1, 0.15) is 0 Å². The average molecular weight is 250 g/mol. The zero-order valence-corrected chi connectivity index (χ0v) is 12.0. The van der Waals surface area contributed by atoms with E-state index in [1.165, 1.54) is 9.75 Å². The van der Waals surface area contributed by atoms with Crippen LogP contribution in [0.5, 0.6) is 0 Å². The summed E-state index contributed by atoms with van der Waals surface area (Å²) in [4.78, 5) is 2.81. The van der Waals surface area contributed by atoms with Crippen LogP contribution in [0.2, 0.25) is 0 Å². The maximum Gasteiger partial charge on any atom is 0.0684 e. The van der Waals surface area contributed by atoms with Gasteiger partial charge in [-0.3, -0.25) is 0 Å². The lowest BCUT2D eigenvalue weighted by atomic mass is 9.91. The van der Waals surface area contributed by atoms with Crippen LogP contribution in [0.15, 0.2) is 12.1 Å². The number of hydrogen-bond donors (Lipinski definition) is 1. The minimum absolute atomic E-state index is 0.216. The molecular formula is C14H22N2S. The molecule has 0 aliphatic heterocycles. The molecule has 0 amide bonds. The van der Waals surface area contributed by atoms with Gasteiger partial charge >= 0.3 is 0 Å². The molecular weight excluding hydrogens is 228 g/mol. The summed E-state index contributed by atoms with van der Waals surface area (Å²) in [6, 6.07) is 7.18. The zero-order valence-electron chi connectivity index (χ0n) is 11.2. The van der Waals surface area contributed by atoms with Crippen molar-refractivity contribution in [2.75, 3.05) is 6.54 Å². The van der Waals surface area contributed by atoms with E-state index < -0.39 is 0 Å². The van der Waals surface area contributed by atoms with Crippen LogP contribution in [-0.2, 0) is 6.42 Å². The maximum atomic E-state index is 8.92. The van der Waals surface area contributed by atoms with E-state index in [-0.39, 0.29) is 5.41 Å². The molecule has 0 fully saturated rings. The molecule has 3 heteroatoms. The van der Waals surface area contributed by atoms with Crippen molar-refractivity contribution in [2.24, 2.45) is 5.41 Å². The summed E-state index contributed by atoms with van der Waals surface area (Å²) >= 11 is 1.87. The number of hydrogen-bond acceptors (Lipinski definition) is 3. The lowest BCUT2D eigenvalue weighted by Gasteiger charge is -2.18. The Bertz CT molecular complexity index is 387. The van der Waals surface area contributed by atoms with Crippen LogP contribution >= 0.6 is 11.3 Å². The Labute approximate surface area is 109 Å². The largest absolute Gasteiger partial charge is 0.314 e. The first-order chi connectivity index (χ1) is 7.93. The van der Waals surface area contributed by atoms with Crippen molar-refractivity contribution in [3.63, 3.8) is 0 Å². The molecule has 1 heterocycles. The smallest absolute Gasteiger partial charge is 0.0684 e. The van der Waals surface area contributed by atoms with Crippen molar-refractivity contribution in [2.45, 2.75) is 46.6 Å². The quantitative estimate of drug-likeness (QED) is 0.838. The van der Waals surface area contributed by atoms with E-state index in [0.29, 0.717) is 6.04 Å². The topological polar surface area (TPSA) is 35.8 Å². The van der Waals surface area contributed by atoms with Crippen LogP contribution in [-0.4, -0.2) is 12.6 Å². The summed E-state index contributed by atoms with van der Waals surface area (Å²) in [6.07, 6.45) is 1.97. The van der Waals surface area contributed by atoms with Gasteiger partial charge in [-0.05, 0) is 59.2 Å². The van der Waals surface area contributed by atoms with Gasteiger partial charge in [-0.25, -0.2) is 0 Å². The minimum atomic E-state index is -0.216. The van der Waals surface area contributed by atoms with E-state index in [0.717, 1.165) is 19.4 Å². The van der Waals surface area contributed by atoms with Crippen molar-refractivity contribution in [3.05, 3.63) is 21.9 Å². The molecule has 0 spiro atoms. The van der Waals surface area contributed by atoms with Gasteiger partial charge in [0.2, 0.25) is 0 Å². The monoisotopic (exact) mass is 250 g/mol. The van der Waals surface area contributed by atoms with Gasteiger partial charge in [0.15, 0.2) is 0 Å². The van der Waals surface area contributed by atoms with Gasteiger partial charge in [0, 0.05) is 15.8 Å². The van der Waals surface area contributed by atoms with Crippen molar-refractivity contribution >= 4 is 11.3 Å². The molecule has 0 saturated heterocycles. The number of nitrogens with one attached hydrogen (secondary N) is 1. The normalized spacial score (nSPS) is 13.4. The Kier molecular flexibility index (Phi) is 5.17. The summed E-state index contributed by atoms with van der Waals surface area (Å²) in [7, 11) is 0. The zero-order chi connectivity index (χ0) is 12.9. The van der Waals surface area contributed by atoms with Crippen molar-refractivity contribution in [1.29, 1.82) is 5.26 Å². The molecule has 0 saturated carbocycles. The fraction of sp³-hybridized carbons (Fsp3) is 0.643. The van der Waals surface area contributed by atoms with Crippen molar-refractivity contribution in [1.82, 2.24) is 5.32 Å². The van der Waals surface area contributed by atoms with Gasteiger partial charge < -0.3 is 5.32 Å². The van der Waals surface area contributed by atoms with Gasteiger partial charge in [-0.2, -0.15) is 5.26 Å². The first kappa shape index (κ1) is 14.2. The van der Waals surface area contributed by atoms with E-state index >= 15 is 0 Å². The van der Waals surface area contributed by atoms with Gasteiger partial charge in [-0.1, -0.05) is 0 Å². The predicted molar refractivity (Wildman–Crippen MR) is 74.2 cm³/mol. The van der Waals surface area contributed by atoms with Gasteiger partial charge in [-0.15, -0.1) is 11.3 Å². The predicted octanol–water partition coefficient (Wildman–Crippen LogP) is 3.52. The number of aryl methyl sites for hydroxylation is 1. The van der Waals surface area contributed by atoms with E-state index in [2.05, 4.69) is 37.4 Å². The van der Waals surface area contributed by atoms with E-state index in [1.807, 2.05) is 25.2 Å². The van der Waals surface area contributed by atoms with Gasteiger partial charge in [0.25, 0.3) is 0 Å². The Morgan fingerprint density at radius 2 is 2.18 bits per heavy atom. The summed E-state index contributed by atoms with van der Waals surface area (Å²) in [5, 5.41) is 12.4. The number of nitrogens with zero attached hydrogens (tertiary/aromatic N) is 1. The Balaban J connectivity index is 2.27. The molecule has 2 nitrogen and oxygen atoms in total. The average Bonchev–Trinajstić information content (AvgIpc) is 2.63. The Hall–Kier alpha value is -0.850. The second-order valence-electron chi connectivity index (χ2n) is 5.32. The fourth-order valence-electron chi connectivity index (χ4n) is 1.66. The van der Waals surface area contributed by atoms with E-state index in [4.69, 9.17) is 5.26 Å². The summed E-state index contributed by atoms with van der Waals surface area (Å²) < 4.78 is 0. The summed E-state index contributed by atoms with van der Waals surface area (Å²) in [5.41, 5.74) is -0.216. The summed E-state index contributed by atoms with van der Waals surface area (Å²) in [5.74, 6) is 0. The second kappa shape index (κ2) is 6.18. The Morgan fingerprint density at radius 1 is 1.47 bits per heavy atom. The summed E-state index contributed by atoms with van der Waals surface area (Å²) in [6.45, 7) is 9.23. The van der Waals surface area contributed by atoms with Crippen LogP contribution in [0.4, 0.5) is 0 Å². The first-order valence-electron chi connectivity index (χ1n) is 6.13. The van der Waals surface area contributed by atoms with E-state index in [9.17, 15) is 0 Å². The molecule has 0 radical (unpaired) electrons. The maximum absolute atomic E-state index is 8.92. The Morgan fingerprint density at radius 3 is 2.71 bits per heavy atom. The van der Waals surface area contributed by atoms with Crippen LogP contribution in [0.3, 0.4) is 0 Å². The molecule has 94 valence electrons. The highest BCUT2D eigenvalue weighted by Crippen LogP contribution is 2.18. The minimum Gasteiger partial charge on any atom is -0.314 e. The molecule has 0 bridgehead atoms. The standard InChI is InChI=1S/C14H22N2S/c1-11(9-13-6-5-12(2)17-13)16-8-7-14(3,4)10-15/h5-6,11,16H,7-9H2,1-4H3. The van der Waals surface area contributed by atoms with Crippen molar-refractivity contribution in [3.8, 4) is 6.07 Å². The molecule has 1 aromatic heterocycles. The fourth-order valence-corrected chi connectivity index (χ4v) is 2.67. The van der Waals surface area contributed by atoms with Crippen LogP contribution in [0, 0.1) is 23.7 Å². The van der Waals surface area contributed by atoms with Crippen molar-refractivity contribution < 1.29 is 0 Å². The molecule has 1 rings (SSSR count). The highest BCUT2D eigenvalue weighted by Gasteiger charge is 2.16. The van der Waals surface area contributed by atoms with Crippen LogP contribution in [0.25, 0.3) is 0 Å². The number of nitriles is 1. The SMILES string of the molecule is Cc1ccc(CC(C)NCCC(C)(C)C#N)s1. The van der Waals surface area contributed by atoms with Crippen LogP contribution in [0.1, 0.15) is 36.9 Å². The molecule has 1 aromatic rings. The third-order valence-corrected chi connectivity index (χ3v) is 3.87. The van der Waals surface area contributed by atoms with Crippen LogP contribution < -0.4 is 5.32 Å². The highest BCUT2D eigenvalue weighted by atomic mass is 32.1. The first-order valence-corrected chi connectivity index (χ1v) is 6.94. The molecule has 1 N–H and O–H groups in total. The molecule has 0 aromatic carbocycles. The molecule has 1 unspecified atom stereocenters. The lowest BCUT2D eigenvalue weighted by molar-refractivity contribution is 0.413. The molecule has 17 heavy (non-hydrogen) atoms. The second-order valence-corrected chi connectivity index (χ2v) is 6.69. The van der Waals surface area contributed by atoms with Gasteiger partial charge in [0.05, 0.1) is 11.5 Å². The third kappa shape index (κ3) is 5.34. The van der Waals surface area contributed by atoms with E-state index in [1.54, 1.807) is 0 Å². The molecule has 1 atom stereocenters. The molecule has 0 aliphatic rings. The number of thiophene rings is 1. The lowest BCUT2D eigenvalue weighted by Crippen LogP contribution is -2.31. The third-order valence-electron chi connectivity index (χ3n) is 2.85. The molecule has 0 aliphatic carbocycles. The number of rotatable bonds is 6. The highest BCUT2D eigenvalue weighted by molar-refractivity contribution is 7.11.